The predicted octanol–water partition coefficient (Wildman–Crippen LogP) is 4.68. The molecule has 2 aromatic heterocycles. The van der Waals surface area contributed by atoms with Gasteiger partial charge < -0.3 is 14.6 Å². The summed E-state index contributed by atoms with van der Waals surface area (Å²) < 4.78 is 75.7. The molecule has 1 N–H and O–H groups in total. The zero-order chi connectivity index (χ0) is 29.6. The number of nitrogens with zero attached hydrogens (tertiary/aromatic N) is 4. The summed E-state index contributed by atoms with van der Waals surface area (Å²) in [4.78, 5) is 33.8. The monoisotopic (exact) mass is 568 g/mol. The third-order valence-electron chi connectivity index (χ3n) is 5.49. The molecule has 214 valence electrons. The number of hydrogen-bond acceptors (Lipinski definition) is 7. The number of alkyl halides is 5. The standard InChI is InChI=1S/C26H25F5N4O5/c1-15(12-17-8-9-20(21(27)28)32-14-17)23(39-18-6-4-7-19(13-18)40-26(29,30)31)33-22-16(2)24(37)35(10-5-11-36)25(38)34(22)3/h4,6-9,12-14,21,36H,5,10-11H2,1-3H3/b15-12-,33-23?. The Balaban J connectivity index is 2.14. The van der Waals surface area contributed by atoms with Crippen LogP contribution in [0.3, 0.4) is 0 Å². The van der Waals surface area contributed by atoms with E-state index in [0.29, 0.717) is 5.56 Å². The van der Waals surface area contributed by atoms with E-state index >= 15 is 0 Å². The molecule has 9 nitrogen and oxygen atoms in total. The lowest BCUT2D eigenvalue weighted by molar-refractivity contribution is -0.274. The van der Waals surface area contributed by atoms with E-state index in [1.807, 2.05) is 0 Å². The van der Waals surface area contributed by atoms with Crippen LogP contribution in [0.5, 0.6) is 11.5 Å². The molecule has 0 saturated carbocycles. The minimum absolute atomic E-state index is 0.0251. The fraction of sp³-hybridized carbons (Fsp3) is 0.308. The number of pyridine rings is 1. The lowest BCUT2D eigenvalue weighted by Crippen LogP contribution is -2.40. The Morgan fingerprint density at radius 1 is 1.18 bits per heavy atom. The smallest absolute Gasteiger partial charge is 0.439 e. The number of aliphatic hydroxyl groups excluding tert-OH is 1. The number of aromatic nitrogens is 3. The molecule has 0 spiro atoms. The van der Waals surface area contributed by atoms with Gasteiger partial charge in [0, 0.05) is 38.0 Å². The summed E-state index contributed by atoms with van der Waals surface area (Å²) in [5.74, 6) is -0.981. The first-order valence-corrected chi connectivity index (χ1v) is 11.8. The fourth-order valence-electron chi connectivity index (χ4n) is 3.57. The van der Waals surface area contributed by atoms with Gasteiger partial charge in [-0.15, -0.1) is 13.2 Å². The Morgan fingerprint density at radius 2 is 1.88 bits per heavy atom. The van der Waals surface area contributed by atoms with Crippen LogP contribution in [0.1, 0.15) is 36.6 Å². The van der Waals surface area contributed by atoms with Gasteiger partial charge in [0.2, 0.25) is 5.90 Å². The van der Waals surface area contributed by atoms with Gasteiger partial charge in [-0.3, -0.25) is 18.9 Å². The van der Waals surface area contributed by atoms with E-state index in [1.54, 1.807) is 0 Å². The van der Waals surface area contributed by atoms with Crippen molar-refractivity contribution in [3.05, 3.63) is 85.8 Å². The third-order valence-corrected chi connectivity index (χ3v) is 5.49. The van der Waals surface area contributed by atoms with Gasteiger partial charge in [-0.05, 0) is 50.1 Å². The summed E-state index contributed by atoms with van der Waals surface area (Å²) in [6, 6.07) is 7.12. The van der Waals surface area contributed by atoms with Crippen LogP contribution in [0.15, 0.2) is 62.7 Å². The molecule has 0 aliphatic rings. The molecule has 0 aliphatic heterocycles. The fourth-order valence-corrected chi connectivity index (χ4v) is 3.57. The first-order chi connectivity index (χ1) is 18.8. The van der Waals surface area contributed by atoms with Crippen molar-refractivity contribution in [2.75, 3.05) is 6.61 Å². The van der Waals surface area contributed by atoms with Gasteiger partial charge in [0.15, 0.2) is 0 Å². The molecule has 0 radical (unpaired) electrons. The van der Waals surface area contributed by atoms with E-state index in [2.05, 4.69) is 14.7 Å². The van der Waals surface area contributed by atoms with Gasteiger partial charge in [0.05, 0.1) is 5.56 Å². The van der Waals surface area contributed by atoms with Crippen LogP contribution in [0.25, 0.3) is 6.08 Å². The number of rotatable bonds is 9. The molecule has 2 heterocycles. The van der Waals surface area contributed by atoms with Crippen LogP contribution in [-0.4, -0.2) is 38.1 Å². The molecule has 0 aliphatic carbocycles. The van der Waals surface area contributed by atoms with Crippen molar-refractivity contribution in [3.63, 3.8) is 0 Å². The summed E-state index contributed by atoms with van der Waals surface area (Å²) in [6.07, 6.45) is -4.90. The van der Waals surface area contributed by atoms with Crippen molar-refractivity contribution < 1.29 is 36.5 Å². The Morgan fingerprint density at radius 3 is 2.48 bits per heavy atom. The minimum Gasteiger partial charge on any atom is -0.439 e. The quantitative estimate of drug-likeness (QED) is 0.228. The molecule has 0 bridgehead atoms. The van der Waals surface area contributed by atoms with Crippen molar-refractivity contribution in [1.29, 1.82) is 0 Å². The zero-order valence-electron chi connectivity index (χ0n) is 21.6. The molecule has 0 fully saturated rings. The number of aliphatic hydroxyl groups is 1. The second kappa shape index (κ2) is 12.7. The maximum Gasteiger partial charge on any atom is 0.573 e. The van der Waals surface area contributed by atoms with Gasteiger partial charge in [-0.2, -0.15) is 4.99 Å². The Labute approximate surface area is 224 Å². The largest absolute Gasteiger partial charge is 0.573 e. The van der Waals surface area contributed by atoms with E-state index in [1.165, 1.54) is 51.4 Å². The molecule has 3 aromatic rings. The van der Waals surface area contributed by atoms with E-state index in [4.69, 9.17) is 9.84 Å². The van der Waals surface area contributed by atoms with Crippen LogP contribution in [0.4, 0.5) is 27.8 Å². The molecule has 3 rings (SSSR count). The van der Waals surface area contributed by atoms with Gasteiger partial charge in [-0.25, -0.2) is 13.6 Å². The van der Waals surface area contributed by atoms with Crippen molar-refractivity contribution >= 4 is 17.8 Å². The third kappa shape index (κ3) is 7.62. The summed E-state index contributed by atoms with van der Waals surface area (Å²) >= 11 is 0. The number of aliphatic imine (C=N–C) groups is 1. The van der Waals surface area contributed by atoms with Gasteiger partial charge >= 0.3 is 12.1 Å². The van der Waals surface area contributed by atoms with Crippen molar-refractivity contribution in [2.24, 2.45) is 12.0 Å². The lowest BCUT2D eigenvalue weighted by Gasteiger charge is -2.15. The first kappa shape index (κ1) is 30.2. The maximum absolute atomic E-state index is 12.9. The van der Waals surface area contributed by atoms with Crippen molar-refractivity contribution in [3.8, 4) is 11.5 Å². The molecule has 0 saturated heterocycles. The topological polar surface area (TPSA) is 108 Å². The van der Waals surface area contributed by atoms with E-state index in [0.717, 1.165) is 27.3 Å². The summed E-state index contributed by atoms with van der Waals surface area (Å²) in [5, 5.41) is 9.09. The highest BCUT2D eigenvalue weighted by molar-refractivity contribution is 6.00. The molecule has 40 heavy (non-hydrogen) atoms. The second-order valence-corrected chi connectivity index (χ2v) is 8.51. The van der Waals surface area contributed by atoms with E-state index < -0.39 is 35.5 Å². The summed E-state index contributed by atoms with van der Waals surface area (Å²) in [5.41, 5.74) is -1.11. The molecule has 0 amide bonds. The van der Waals surface area contributed by atoms with Crippen LogP contribution >= 0.6 is 0 Å². The van der Waals surface area contributed by atoms with E-state index in [-0.39, 0.29) is 48.2 Å². The number of benzene rings is 1. The van der Waals surface area contributed by atoms with Crippen molar-refractivity contribution in [2.45, 2.75) is 39.6 Å². The zero-order valence-corrected chi connectivity index (χ0v) is 21.6. The Kier molecular flexibility index (Phi) is 9.58. The van der Waals surface area contributed by atoms with Crippen LogP contribution in [0, 0.1) is 6.92 Å². The second-order valence-electron chi connectivity index (χ2n) is 8.51. The molecule has 0 unspecified atom stereocenters. The molecular formula is C26H25F5N4O5. The highest BCUT2D eigenvalue weighted by atomic mass is 19.4. The van der Waals surface area contributed by atoms with Gasteiger partial charge in [0.25, 0.3) is 12.0 Å². The number of halogens is 5. The van der Waals surface area contributed by atoms with Crippen LogP contribution in [-0.2, 0) is 13.6 Å². The van der Waals surface area contributed by atoms with Crippen molar-refractivity contribution in [1.82, 2.24) is 14.1 Å². The lowest BCUT2D eigenvalue weighted by atomic mass is 10.1. The maximum atomic E-state index is 12.9. The molecule has 0 atom stereocenters. The van der Waals surface area contributed by atoms with E-state index in [9.17, 15) is 31.5 Å². The number of ether oxygens (including phenoxy) is 2. The number of hydrogen-bond donors (Lipinski definition) is 1. The molecule has 14 heteroatoms. The summed E-state index contributed by atoms with van der Waals surface area (Å²) in [6.45, 7) is 2.69. The molecular weight excluding hydrogens is 543 g/mol. The SMILES string of the molecule is C/C(=C/c1ccc(C(F)F)nc1)C(=Nc1c(C)c(=O)n(CCCO)c(=O)n1C)Oc1cccc(OC(F)(F)F)c1. The first-order valence-electron chi connectivity index (χ1n) is 11.8. The average Bonchev–Trinajstić information content (AvgIpc) is 2.89. The Hall–Kier alpha value is -4.33. The predicted molar refractivity (Wildman–Crippen MR) is 136 cm³/mol. The normalized spacial score (nSPS) is 12.7. The molecule has 1 aromatic carbocycles. The van der Waals surface area contributed by atoms with Gasteiger partial charge in [-0.1, -0.05) is 12.1 Å². The highest BCUT2D eigenvalue weighted by Gasteiger charge is 2.31. The van der Waals surface area contributed by atoms with Gasteiger partial charge in [0.1, 0.15) is 23.0 Å². The van der Waals surface area contributed by atoms with Crippen LogP contribution in [0.2, 0.25) is 0 Å². The average molecular weight is 568 g/mol. The Bertz CT molecular complexity index is 1490. The van der Waals surface area contributed by atoms with Crippen LogP contribution < -0.4 is 20.7 Å². The minimum atomic E-state index is -4.95. The summed E-state index contributed by atoms with van der Waals surface area (Å²) in [7, 11) is 1.37. The highest BCUT2D eigenvalue weighted by Crippen LogP contribution is 2.27.